The van der Waals surface area contributed by atoms with Crippen LogP contribution in [0.25, 0.3) is 11.3 Å². The van der Waals surface area contributed by atoms with Gasteiger partial charge in [0.2, 0.25) is 5.91 Å². The molecule has 0 bridgehead atoms. The molecule has 1 aliphatic heterocycles. The molecular formula is C24H28F2N8O3. The maximum atomic E-state index is 14.8. The van der Waals surface area contributed by atoms with Gasteiger partial charge < -0.3 is 21.3 Å². The molecule has 0 atom stereocenters. The number of carbonyl (C=O) groups is 1. The zero-order valence-electron chi connectivity index (χ0n) is 20.2. The minimum atomic E-state index is -0.774. The average Bonchev–Trinajstić information content (AvgIpc) is 2.86. The number of hydrogen-bond donors (Lipinski definition) is 5. The number of rotatable bonds is 9. The number of nitrogen functional groups attached to an aromatic ring is 1. The molecule has 0 radical (unpaired) electrons. The van der Waals surface area contributed by atoms with E-state index in [2.05, 4.69) is 20.6 Å². The van der Waals surface area contributed by atoms with Crippen LogP contribution in [0.15, 0.2) is 42.5 Å². The molecule has 6 N–H and O–H groups in total. The Morgan fingerprint density at radius 2 is 1.73 bits per heavy atom. The first kappa shape index (κ1) is 26.0. The van der Waals surface area contributed by atoms with Gasteiger partial charge in [-0.2, -0.15) is 0 Å². The molecule has 1 fully saturated rings. The molecule has 0 saturated carbocycles. The molecular weight excluding hydrogens is 486 g/mol. The molecule has 1 saturated heterocycles. The standard InChI is InChI=1S/C24H28F2N8O3/c1-2-32-11-12-33(22(35)14-32)18-5-7-20(30-23(18)16-4-3-15(25)13-17(16)26)28-9-10-29-21-8-6-19(34(36)37)24(27)31-21/h3-8,13,36-37H,2,9-12,14H2,1H3,(H,28,30)(H3,27,29,31). The molecule has 3 heterocycles. The molecule has 1 aliphatic rings. The Morgan fingerprint density at radius 1 is 1.03 bits per heavy atom. The van der Waals surface area contributed by atoms with Gasteiger partial charge in [0.25, 0.3) is 0 Å². The van der Waals surface area contributed by atoms with E-state index in [0.29, 0.717) is 43.5 Å². The van der Waals surface area contributed by atoms with Crippen LogP contribution in [0.5, 0.6) is 0 Å². The molecule has 4 rings (SSSR count). The minimum absolute atomic E-state index is 0.0527. The van der Waals surface area contributed by atoms with Crippen molar-refractivity contribution in [3.05, 3.63) is 54.1 Å². The molecule has 0 aliphatic carbocycles. The summed E-state index contributed by atoms with van der Waals surface area (Å²) in [4.78, 5) is 25.0. The lowest BCUT2D eigenvalue weighted by atomic mass is 10.1. The Morgan fingerprint density at radius 3 is 2.35 bits per heavy atom. The maximum Gasteiger partial charge on any atom is 0.241 e. The van der Waals surface area contributed by atoms with Crippen LogP contribution in [0.3, 0.4) is 0 Å². The van der Waals surface area contributed by atoms with Gasteiger partial charge in [-0.3, -0.25) is 20.1 Å². The third-order valence-electron chi connectivity index (χ3n) is 5.95. The highest BCUT2D eigenvalue weighted by molar-refractivity contribution is 5.99. The number of nitrogens with zero attached hydrogens (tertiary/aromatic N) is 5. The van der Waals surface area contributed by atoms with Crippen molar-refractivity contribution in [1.82, 2.24) is 14.9 Å². The fourth-order valence-corrected chi connectivity index (χ4v) is 4.01. The second kappa shape index (κ2) is 11.3. The molecule has 0 spiro atoms. The van der Waals surface area contributed by atoms with Crippen LogP contribution in [0, 0.1) is 11.6 Å². The average molecular weight is 515 g/mol. The van der Waals surface area contributed by atoms with E-state index in [9.17, 15) is 13.6 Å². The lowest BCUT2D eigenvalue weighted by Crippen LogP contribution is -2.50. The first-order valence-corrected chi connectivity index (χ1v) is 11.7. The molecule has 11 nitrogen and oxygen atoms in total. The number of nitrogens with two attached hydrogens (primary N) is 1. The third kappa shape index (κ3) is 6.02. The van der Waals surface area contributed by atoms with Crippen LogP contribution in [-0.2, 0) is 4.79 Å². The molecule has 3 aromatic rings. The Hall–Kier alpha value is -4.07. The van der Waals surface area contributed by atoms with Crippen molar-refractivity contribution in [1.29, 1.82) is 0 Å². The number of carbonyl (C=O) groups excluding carboxylic acids is 1. The molecule has 1 aromatic carbocycles. The number of likely N-dealkylation sites (N-methyl/N-ethyl adjacent to an activating group) is 1. The van der Waals surface area contributed by atoms with E-state index in [-0.39, 0.29) is 40.4 Å². The first-order valence-electron chi connectivity index (χ1n) is 11.7. The summed E-state index contributed by atoms with van der Waals surface area (Å²) < 4.78 is 28.3. The lowest BCUT2D eigenvalue weighted by molar-refractivity contribution is -0.121. The van der Waals surface area contributed by atoms with Gasteiger partial charge in [0, 0.05) is 37.8 Å². The topological polar surface area (TPSA) is 143 Å². The molecule has 0 unspecified atom stereocenters. The molecule has 37 heavy (non-hydrogen) atoms. The van der Waals surface area contributed by atoms with E-state index in [1.807, 2.05) is 11.8 Å². The number of nitrogens with one attached hydrogen (secondary N) is 2. The minimum Gasteiger partial charge on any atom is -0.382 e. The van der Waals surface area contributed by atoms with Crippen molar-refractivity contribution in [2.24, 2.45) is 0 Å². The molecule has 2 aromatic heterocycles. The van der Waals surface area contributed by atoms with Crippen molar-refractivity contribution in [2.75, 3.05) is 65.8 Å². The second-order valence-electron chi connectivity index (χ2n) is 8.35. The highest BCUT2D eigenvalue weighted by Gasteiger charge is 2.27. The van der Waals surface area contributed by atoms with Gasteiger partial charge in [-0.05, 0) is 42.9 Å². The van der Waals surface area contributed by atoms with Gasteiger partial charge in [-0.1, -0.05) is 6.92 Å². The summed E-state index contributed by atoms with van der Waals surface area (Å²) in [5, 5.41) is 24.2. The fraction of sp³-hybridized carbons (Fsp3) is 0.292. The van der Waals surface area contributed by atoms with Crippen LogP contribution < -0.4 is 26.5 Å². The van der Waals surface area contributed by atoms with E-state index in [1.54, 1.807) is 17.0 Å². The van der Waals surface area contributed by atoms with Crippen LogP contribution in [0.4, 0.5) is 37.6 Å². The summed E-state index contributed by atoms with van der Waals surface area (Å²) in [6.07, 6.45) is 0. The van der Waals surface area contributed by atoms with Gasteiger partial charge in [-0.25, -0.2) is 18.7 Å². The van der Waals surface area contributed by atoms with Crippen LogP contribution >= 0.6 is 0 Å². The van der Waals surface area contributed by atoms with Gasteiger partial charge in [0.05, 0.1) is 17.9 Å². The zero-order chi connectivity index (χ0) is 26.5. The third-order valence-corrected chi connectivity index (χ3v) is 5.95. The number of halogens is 2. The highest BCUT2D eigenvalue weighted by atomic mass is 19.1. The van der Waals surface area contributed by atoms with Gasteiger partial charge in [-0.15, -0.1) is 5.23 Å². The Bertz CT molecular complexity index is 1280. The predicted molar refractivity (Wildman–Crippen MR) is 136 cm³/mol. The quantitative estimate of drug-likeness (QED) is 0.214. The first-order chi connectivity index (χ1) is 17.8. The monoisotopic (exact) mass is 514 g/mol. The van der Waals surface area contributed by atoms with Crippen LogP contribution in [0.1, 0.15) is 6.92 Å². The van der Waals surface area contributed by atoms with Crippen LogP contribution in [-0.4, -0.2) is 70.5 Å². The van der Waals surface area contributed by atoms with Crippen LogP contribution in [0.2, 0.25) is 0 Å². The van der Waals surface area contributed by atoms with E-state index in [0.717, 1.165) is 18.7 Å². The normalized spacial score (nSPS) is 14.1. The van der Waals surface area contributed by atoms with Crippen molar-refractivity contribution >= 4 is 34.7 Å². The smallest absolute Gasteiger partial charge is 0.241 e. The van der Waals surface area contributed by atoms with Crippen molar-refractivity contribution in [2.45, 2.75) is 6.92 Å². The van der Waals surface area contributed by atoms with Gasteiger partial charge in [0.1, 0.15) is 29.0 Å². The SMILES string of the molecule is CCN1CCN(c2ccc(NCCNc3ccc(N(O)O)c(N)n3)nc2-c2ccc(F)cc2F)C(=O)C1. The van der Waals surface area contributed by atoms with E-state index < -0.39 is 11.6 Å². The van der Waals surface area contributed by atoms with Gasteiger partial charge in [0.15, 0.2) is 5.82 Å². The maximum absolute atomic E-state index is 14.8. The molecule has 196 valence electrons. The van der Waals surface area contributed by atoms with E-state index in [4.69, 9.17) is 16.1 Å². The highest BCUT2D eigenvalue weighted by Crippen LogP contribution is 2.33. The molecule has 1 amide bonds. The number of benzene rings is 1. The largest absolute Gasteiger partial charge is 0.382 e. The summed E-state index contributed by atoms with van der Waals surface area (Å²) >= 11 is 0. The lowest BCUT2D eigenvalue weighted by Gasteiger charge is -2.34. The van der Waals surface area contributed by atoms with Crippen molar-refractivity contribution in [3.8, 4) is 11.3 Å². The number of anilines is 5. The Kier molecular flexibility index (Phi) is 7.96. The number of amides is 1. The number of hydrogen-bond acceptors (Lipinski definition) is 10. The molecule has 13 heteroatoms. The van der Waals surface area contributed by atoms with E-state index >= 15 is 0 Å². The van der Waals surface area contributed by atoms with Crippen molar-refractivity contribution < 1.29 is 24.0 Å². The number of aromatic nitrogens is 2. The Labute approximate surface area is 212 Å². The number of pyridine rings is 2. The Balaban J connectivity index is 1.51. The van der Waals surface area contributed by atoms with E-state index in [1.165, 1.54) is 18.2 Å². The summed E-state index contributed by atoms with van der Waals surface area (Å²) in [6.45, 7) is 4.88. The predicted octanol–water partition coefficient (Wildman–Crippen LogP) is 2.78. The van der Waals surface area contributed by atoms with Gasteiger partial charge >= 0.3 is 0 Å². The number of piperazine rings is 1. The summed E-state index contributed by atoms with van der Waals surface area (Å²) in [7, 11) is 0. The zero-order valence-corrected chi connectivity index (χ0v) is 20.2. The second-order valence-corrected chi connectivity index (χ2v) is 8.35. The summed E-state index contributed by atoms with van der Waals surface area (Å²) in [5.74, 6) is -0.810. The fourth-order valence-electron chi connectivity index (χ4n) is 4.01. The summed E-state index contributed by atoms with van der Waals surface area (Å²) in [5.41, 5.74) is 6.41. The summed E-state index contributed by atoms with van der Waals surface area (Å²) in [6, 6.07) is 9.58. The van der Waals surface area contributed by atoms with Crippen molar-refractivity contribution in [3.63, 3.8) is 0 Å².